The molecular weight excluding hydrogens is 970 g/mol. The smallest absolute Gasteiger partial charge is 0.343 e. The molecule has 392 valence electrons. The Morgan fingerprint density at radius 1 is 0.973 bits per heavy atom. The number of amides is 1. The summed E-state index contributed by atoms with van der Waals surface area (Å²) in [5.41, 5.74) is 8.44. The van der Waals surface area contributed by atoms with Gasteiger partial charge in [0.2, 0.25) is 11.2 Å². The Labute approximate surface area is 425 Å². The van der Waals surface area contributed by atoms with Crippen LogP contribution in [0, 0.1) is 23.1 Å². The third-order valence-corrected chi connectivity index (χ3v) is 16.5. The van der Waals surface area contributed by atoms with Crippen LogP contribution in [0.5, 0.6) is 5.75 Å². The Kier molecular flexibility index (Phi) is 14.1. The highest BCUT2D eigenvalue weighted by atomic mass is 35.5. The summed E-state index contributed by atoms with van der Waals surface area (Å²) >= 11 is 6.85. The third-order valence-electron chi connectivity index (χ3n) is 16.1. The summed E-state index contributed by atoms with van der Waals surface area (Å²) in [6.07, 6.45) is 8.30. The molecule has 0 radical (unpaired) electrons. The van der Waals surface area contributed by atoms with Gasteiger partial charge in [0.1, 0.15) is 40.4 Å². The third kappa shape index (κ3) is 9.07. The van der Waals surface area contributed by atoms with Crippen LogP contribution < -0.4 is 31.4 Å². The highest BCUT2D eigenvalue weighted by molar-refractivity contribution is 6.38. The van der Waals surface area contributed by atoms with Crippen LogP contribution in [0.3, 0.4) is 0 Å². The van der Waals surface area contributed by atoms with E-state index in [2.05, 4.69) is 0 Å². The first-order chi connectivity index (χ1) is 34.6. The van der Waals surface area contributed by atoms with Gasteiger partial charge >= 0.3 is 11.9 Å². The number of fused-ring (bicyclic) bond motifs is 4. The molecule has 1 amide bonds. The lowest BCUT2D eigenvalue weighted by Crippen LogP contribution is -2.63. The van der Waals surface area contributed by atoms with Gasteiger partial charge in [-0.05, 0) is 82.3 Å². The number of aliphatic hydroxyl groups is 3. The summed E-state index contributed by atoms with van der Waals surface area (Å²) in [6, 6.07) is 2.43. The number of aliphatic hydroxyl groups excluding tert-OH is 2. The molecule has 1 aromatic heterocycles. The number of carbonyl (C=O) groups is 5. The number of likely N-dealkylation sites (N-methyl/N-ethyl adjacent to an activating group) is 1. The van der Waals surface area contributed by atoms with E-state index in [-0.39, 0.29) is 87.8 Å². The van der Waals surface area contributed by atoms with Gasteiger partial charge in [0.05, 0.1) is 45.9 Å². The molecule has 0 bridgehead atoms. The van der Waals surface area contributed by atoms with Gasteiger partial charge in [0.15, 0.2) is 11.4 Å². The largest absolute Gasteiger partial charge is 0.510 e. The first-order valence-electron chi connectivity index (χ1n) is 25.2. The lowest BCUT2D eigenvalue weighted by molar-refractivity contribution is -0.148. The van der Waals surface area contributed by atoms with Crippen molar-refractivity contribution in [1.29, 1.82) is 0 Å². The molecule has 3 fully saturated rings. The molecule has 1 spiro atoms. The summed E-state index contributed by atoms with van der Waals surface area (Å²) in [5, 5.41) is 34.7. The van der Waals surface area contributed by atoms with Crippen LogP contribution in [0.4, 0.5) is 20.2 Å². The molecule has 9 rings (SSSR count). The first-order valence-corrected chi connectivity index (χ1v) is 25.6. The molecule has 2 heterocycles. The second-order valence-corrected chi connectivity index (χ2v) is 21.7. The fraction of sp³-hybridized carbons (Fsp3) is 0.547. The molecule has 5 aliphatic carbocycles. The lowest BCUT2D eigenvalue weighted by Gasteiger charge is -2.50. The number of allylic oxidation sites excluding steroid dienone is 1. The van der Waals surface area contributed by atoms with Crippen molar-refractivity contribution < 1.29 is 57.5 Å². The van der Waals surface area contributed by atoms with Crippen LogP contribution in [0.2, 0.25) is 5.02 Å². The van der Waals surface area contributed by atoms with Gasteiger partial charge in [-0.3, -0.25) is 28.9 Å². The number of halogens is 3. The number of carbonyl (C=O) groups excluding carboxylic acids is 5. The standard InChI is InChI=1S/C53H63ClF2N6O11/c1-59(2)33-14-15-35(39-27(33)19-26-20-30-43(60(3)4)47(66)40(50(58)69)49(68)53(30,71)48(67)38(26)46(39)65)73-37(63)13-11-9-7-5-6-8-10-12-18-72-51(70)29-23-62(34-22-31(34)55)42-28(45(29)64)21-32(56)44(41(42)54)61-24-36(57)52(25-61)16-17-52/h14-15,21,23,26,30-31,34,36,43,66-67,71H,5-13,16-20,22,24-25,57H2,1-4H3,(H2,58,69)/t26-,30-,31+,34?,36-,43-,53-/m1/s1. The van der Waals surface area contributed by atoms with Crippen molar-refractivity contribution in [3.05, 3.63) is 84.8 Å². The van der Waals surface area contributed by atoms with E-state index in [1.54, 1.807) is 44.1 Å². The Balaban J connectivity index is 0.753. The minimum absolute atomic E-state index is 0.00915. The summed E-state index contributed by atoms with van der Waals surface area (Å²) in [6.45, 7) is 0.988. The number of alkyl halides is 1. The zero-order chi connectivity index (χ0) is 52.6. The Morgan fingerprint density at radius 2 is 1.63 bits per heavy atom. The predicted octanol–water partition coefficient (Wildman–Crippen LogP) is 6.07. The highest BCUT2D eigenvalue weighted by Gasteiger charge is 2.63. The van der Waals surface area contributed by atoms with E-state index in [0.717, 1.165) is 57.4 Å². The normalized spacial score (nSPS) is 25.8. The summed E-state index contributed by atoms with van der Waals surface area (Å²) < 4.78 is 43.1. The molecule has 7 atom stereocenters. The Bertz CT molecular complexity index is 2950. The number of anilines is 2. The van der Waals surface area contributed by atoms with Gasteiger partial charge in [-0.1, -0.05) is 50.1 Å². The maximum Gasteiger partial charge on any atom is 0.343 e. The zero-order valence-electron chi connectivity index (χ0n) is 41.5. The molecule has 2 aromatic carbocycles. The van der Waals surface area contributed by atoms with Crippen molar-refractivity contribution in [1.82, 2.24) is 9.47 Å². The number of nitrogens with zero attached hydrogens (tertiary/aromatic N) is 4. The topological polar surface area (TPSA) is 248 Å². The number of ketones is 2. The molecule has 1 aliphatic heterocycles. The number of aromatic nitrogens is 1. The van der Waals surface area contributed by atoms with Crippen molar-refractivity contribution >= 4 is 63.3 Å². The van der Waals surface area contributed by atoms with Gasteiger partial charge in [0.25, 0.3) is 5.91 Å². The lowest BCUT2D eigenvalue weighted by atomic mass is 9.58. The molecule has 6 aliphatic rings. The van der Waals surface area contributed by atoms with Crippen molar-refractivity contribution in [2.75, 3.05) is 57.7 Å². The first kappa shape index (κ1) is 52.0. The number of hydrogen-bond donors (Lipinski definition) is 5. The number of benzene rings is 2. The number of unbranched alkanes of at least 4 members (excludes halogenated alkanes) is 7. The number of rotatable bonds is 18. The van der Waals surface area contributed by atoms with E-state index < -0.39 is 93.4 Å². The van der Waals surface area contributed by atoms with Crippen molar-refractivity contribution in [2.45, 2.75) is 120 Å². The van der Waals surface area contributed by atoms with Crippen molar-refractivity contribution in [2.24, 2.45) is 28.7 Å². The van der Waals surface area contributed by atoms with Crippen LogP contribution in [0.15, 0.2) is 51.9 Å². The predicted molar refractivity (Wildman–Crippen MR) is 267 cm³/mol. The van der Waals surface area contributed by atoms with Crippen molar-refractivity contribution in [3.8, 4) is 5.75 Å². The molecule has 2 saturated carbocycles. The van der Waals surface area contributed by atoms with Gasteiger partial charge in [-0.15, -0.1) is 0 Å². The Morgan fingerprint density at radius 3 is 2.23 bits per heavy atom. The quantitative estimate of drug-likeness (QED) is 0.0420. The van der Waals surface area contributed by atoms with E-state index >= 15 is 4.39 Å². The van der Waals surface area contributed by atoms with E-state index in [4.69, 9.17) is 32.5 Å². The van der Waals surface area contributed by atoms with Crippen molar-refractivity contribution in [3.63, 3.8) is 0 Å². The number of pyridine rings is 1. The van der Waals surface area contributed by atoms with Gasteiger partial charge in [0, 0.05) is 74.9 Å². The fourth-order valence-corrected chi connectivity index (χ4v) is 12.4. The minimum Gasteiger partial charge on any atom is -0.510 e. The SMILES string of the molecule is CN(C)c1ccc(OC(=O)CCCCCCCCCCOC(=O)c2cn(C3C[C@@H]3F)c3c(Cl)c(N4C[C@@H](N)C5(CC5)C4)c(F)cc3c2=O)c2c1C[C@@H]1C[C@@H]3[C@@H](N(C)C)C(O)=C(C(N)=O)C(=O)[C@]3(O)C(O)=C1C2=O. The van der Waals surface area contributed by atoms with E-state index in [1.807, 2.05) is 0 Å². The van der Waals surface area contributed by atoms with Crippen LogP contribution in [0.25, 0.3) is 10.9 Å². The van der Waals surface area contributed by atoms with Gasteiger partial charge in [-0.25, -0.2) is 13.6 Å². The highest BCUT2D eigenvalue weighted by Crippen LogP contribution is 2.55. The maximum absolute atomic E-state index is 15.8. The van der Waals surface area contributed by atoms with Crippen LogP contribution in [-0.2, 0) is 25.5 Å². The molecule has 17 nitrogen and oxygen atoms in total. The summed E-state index contributed by atoms with van der Waals surface area (Å²) in [7, 11) is 6.74. The number of hydrogen-bond acceptors (Lipinski definition) is 15. The number of esters is 2. The number of primary amides is 1. The number of ether oxygens (including phenoxy) is 2. The average Bonchev–Trinajstić information content (AvgIpc) is 4.24. The summed E-state index contributed by atoms with van der Waals surface area (Å²) in [4.78, 5) is 85.8. The Hall–Kier alpha value is -5.89. The molecule has 20 heteroatoms. The second kappa shape index (κ2) is 19.8. The van der Waals surface area contributed by atoms with E-state index in [9.17, 15) is 48.5 Å². The average molecular weight is 1030 g/mol. The molecule has 73 heavy (non-hydrogen) atoms. The maximum atomic E-state index is 15.8. The molecule has 7 N–H and O–H groups in total. The van der Waals surface area contributed by atoms with E-state index in [0.29, 0.717) is 37.2 Å². The van der Waals surface area contributed by atoms with Crippen LogP contribution in [0.1, 0.15) is 116 Å². The van der Waals surface area contributed by atoms with Gasteiger partial charge < -0.3 is 50.6 Å². The second-order valence-electron chi connectivity index (χ2n) is 21.3. The van der Waals surface area contributed by atoms with Crippen LogP contribution in [-0.4, -0.2) is 126 Å². The number of Topliss-reactive ketones (excluding diaryl/α,β-unsaturated/α-hetero) is 2. The zero-order valence-corrected chi connectivity index (χ0v) is 42.2. The monoisotopic (exact) mass is 1030 g/mol. The van der Waals surface area contributed by atoms with Gasteiger partial charge in [-0.2, -0.15) is 0 Å². The molecule has 3 aromatic rings. The molecule has 1 saturated heterocycles. The summed E-state index contributed by atoms with van der Waals surface area (Å²) in [5.74, 6) is -8.90. The minimum atomic E-state index is -2.74. The van der Waals surface area contributed by atoms with Crippen LogP contribution >= 0.6 is 11.6 Å². The molecular formula is C53H63ClF2N6O11. The van der Waals surface area contributed by atoms with E-state index in [1.165, 1.54) is 21.7 Å². The molecule has 1 unspecified atom stereocenters. The number of nitrogens with two attached hydrogens (primary N) is 2. The fourth-order valence-electron chi connectivity index (χ4n) is 12.0.